The Morgan fingerprint density at radius 2 is 1.85 bits per heavy atom. The molecular weight excluding hydrogens is 506 g/mol. The van der Waals surface area contributed by atoms with E-state index < -0.39 is 34.2 Å². The standard InChI is InChI=1S/C24H40BrN3O4S/c1-12(2)14(10-29)28-18(20(31)27-23(6,7)11-22(3,4)5)24-9-13(25)17(33-24)15(19(30)26-8)16(24)21(28)32/h12-18,29H,9-11H2,1-8H3,(H,26,30)(H,27,31)/t13?,14-,15-,16-,17-,18?,24?/m0/s1. The van der Waals surface area contributed by atoms with Gasteiger partial charge in [-0.15, -0.1) is 11.8 Å². The number of carbonyl (C=O) groups is 3. The van der Waals surface area contributed by atoms with Crippen LogP contribution >= 0.6 is 27.7 Å². The molecule has 3 N–H and O–H groups in total. The van der Waals surface area contributed by atoms with Crippen molar-refractivity contribution in [2.45, 2.75) is 93.8 Å². The highest BCUT2D eigenvalue weighted by atomic mass is 79.9. The molecule has 3 saturated heterocycles. The summed E-state index contributed by atoms with van der Waals surface area (Å²) in [6.07, 6.45) is 1.41. The van der Waals surface area contributed by atoms with E-state index >= 15 is 0 Å². The summed E-state index contributed by atoms with van der Waals surface area (Å²) in [5, 5.41) is 16.2. The van der Waals surface area contributed by atoms with Crippen molar-refractivity contribution in [3.05, 3.63) is 0 Å². The first-order chi connectivity index (χ1) is 15.1. The number of nitrogens with zero attached hydrogens (tertiary/aromatic N) is 1. The normalized spacial score (nSPS) is 34.6. The summed E-state index contributed by atoms with van der Waals surface area (Å²) in [6.45, 7) is 14.1. The van der Waals surface area contributed by atoms with Crippen molar-refractivity contribution in [1.82, 2.24) is 15.5 Å². The number of amides is 3. The van der Waals surface area contributed by atoms with Crippen LogP contribution in [0.15, 0.2) is 0 Å². The molecule has 3 aliphatic rings. The van der Waals surface area contributed by atoms with Crippen molar-refractivity contribution < 1.29 is 19.5 Å². The number of carbonyl (C=O) groups excluding carboxylic acids is 3. The zero-order valence-corrected chi connectivity index (χ0v) is 23.5. The Morgan fingerprint density at radius 1 is 1.24 bits per heavy atom. The predicted octanol–water partition coefficient (Wildman–Crippen LogP) is 2.54. The van der Waals surface area contributed by atoms with Crippen LogP contribution in [0.4, 0.5) is 0 Å². The second-order valence-corrected chi connectivity index (χ2v) is 14.8. The maximum Gasteiger partial charge on any atom is 0.244 e. The topological polar surface area (TPSA) is 98.7 Å². The third-order valence-corrected chi connectivity index (χ3v) is 10.5. The summed E-state index contributed by atoms with van der Waals surface area (Å²) >= 11 is 5.37. The molecule has 3 heterocycles. The SMILES string of the molecule is CNC(=O)[C@H]1[C@H]2C(=O)N([C@@H](CO)C(C)C)C(C(=O)NC(C)(C)CC(C)(C)C)C23CC(Br)[C@@H]1S3. The van der Waals surface area contributed by atoms with Gasteiger partial charge in [0.2, 0.25) is 17.7 Å². The summed E-state index contributed by atoms with van der Waals surface area (Å²) in [6, 6.07) is -1.23. The van der Waals surface area contributed by atoms with Gasteiger partial charge in [0.15, 0.2) is 0 Å². The number of nitrogens with one attached hydrogen (secondary N) is 2. The molecule has 0 aliphatic carbocycles. The zero-order chi connectivity index (χ0) is 25.1. The molecular formula is C24H40BrN3O4S. The smallest absolute Gasteiger partial charge is 0.244 e. The van der Waals surface area contributed by atoms with Gasteiger partial charge in [-0.3, -0.25) is 14.4 Å². The van der Waals surface area contributed by atoms with E-state index in [9.17, 15) is 19.5 Å². The van der Waals surface area contributed by atoms with Gasteiger partial charge in [0, 0.05) is 22.7 Å². The van der Waals surface area contributed by atoms with Crippen LogP contribution in [0, 0.1) is 23.2 Å². The fourth-order valence-corrected chi connectivity index (χ4v) is 10.2. The van der Waals surface area contributed by atoms with Crippen LogP contribution in [0.3, 0.4) is 0 Å². The Labute approximate surface area is 210 Å². The third kappa shape index (κ3) is 4.58. The maximum absolute atomic E-state index is 14.0. The van der Waals surface area contributed by atoms with Crippen LogP contribution in [-0.2, 0) is 14.4 Å². The molecule has 3 aliphatic heterocycles. The lowest BCUT2D eigenvalue weighted by Gasteiger charge is -2.41. The van der Waals surface area contributed by atoms with E-state index in [2.05, 4.69) is 47.3 Å². The summed E-state index contributed by atoms with van der Waals surface area (Å²) < 4.78 is -0.697. The van der Waals surface area contributed by atoms with E-state index in [1.165, 1.54) is 0 Å². The van der Waals surface area contributed by atoms with Gasteiger partial charge >= 0.3 is 0 Å². The molecule has 0 saturated carbocycles. The molecule has 3 rings (SSSR count). The van der Waals surface area contributed by atoms with Gasteiger partial charge < -0.3 is 20.6 Å². The van der Waals surface area contributed by atoms with Gasteiger partial charge in [0.05, 0.1) is 29.2 Å². The van der Waals surface area contributed by atoms with E-state index in [0.717, 1.165) is 6.42 Å². The summed E-state index contributed by atoms with van der Waals surface area (Å²) in [4.78, 5) is 42.5. The first-order valence-electron chi connectivity index (χ1n) is 11.9. The molecule has 0 aromatic carbocycles. The van der Waals surface area contributed by atoms with Crippen molar-refractivity contribution in [2.75, 3.05) is 13.7 Å². The highest BCUT2D eigenvalue weighted by molar-refractivity contribution is 9.09. The first kappa shape index (κ1) is 26.8. The number of rotatable bonds is 7. The molecule has 3 fully saturated rings. The van der Waals surface area contributed by atoms with E-state index in [-0.39, 0.29) is 45.7 Å². The second kappa shape index (κ2) is 9.01. The number of hydrogen-bond acceptors (Lipinski definition) is 5. The summed E-state index contributed by atoms with van der Waals surface area (Å²) in [5.41, 5.74) is -0.458. The van der Waals surface area contributed by atoms with E-state index in [1.54, 1.807) is 23.7 Å². The highest BCUT2D eigenvalue weighted by Gasteiger charge is 2.76. The quantitative estimate of drug-likeness (QED) is 0.427. The van der Waals surface area contributed by atoms with E-state index in [1.807, 2.05) is 27.7 Å². The van der Waals surface area contributed by atoms with Crippen molar-refractivity contribution >= 4 is 45.4 Å². The number of aliphatic hydroxyl groups is 1. The second-order valence-electron chi connectivity index (χ2n) is 12.1. The molecule has 3 unspecified atom stereocenters. The zero-order valence-electron chi connectivity index (χ0n) is 21.1. The fraction of sp³-hybridized carbons (Fsp3) is 0.875. The summed E-state index contributed by atoms with van der Waals surface area (Å²) in [7, 11) is 1.59. The molecule has 2 bridgehead atoms. The lowest BCUT2D eigenvalue weighted by Crippen LogP contribution is -2.61. The molecule has 0 aromatic heterocycles. The van der Waals surface area contributed by atoms with Gasteiger partial charge in [0.1, 0.15) is 6.04 Å². The molecule has 3 amide bonds. The van der Waals surface area contributed by atoms with Crippen LogP contribution in [-0.4, -0.2) is 73.8 Å². The van der Waals surface area contributed by atoms with E-state index in [4.69, 9.17) is 0 Å². The first-order valence-corrected chi connectivity index (χ1v) is 13.7. The number of aliphatic hydroxyl groups excluding tert-OH is 1. The number of likely N-dealkylation sites (tertiary alicyclic amines) is 1. The van der Waals surface area contributed by atoms with Crippen LogP contribution in [0.5, 0.6) is 0 Å². The van der Waals surface area contributed by atoms with Crippen LogP contribution in [0.1, 0.15) is 61.3 Å². The van der Waals surface area contributed by atoms with E-state index in [0.29, 0.717) is 6.42 Å². The number of alkyl halides is 1. The molecule has 0 aromatic rings. The molecule has 1 spiro atoms. The van der Waals surface area contributed by atoms with Gasteiger partial charge in [-0.05, 0) is 38.0 Å². The Kier molecular flexibility index (Phi) is 7.32. The van der Waals surface area contributed by atoms with Gasteiger partial charge in [-0.1, -0.05) is 50.5 Å². The molecule has 7 nitrogen and oxygen atoms in total. The number of thioether (sulfide) groups is 1. The fourth-order valence-electron chi connectivity index (χ4n) is 6.58. The Bertz CT molecular complexity index is 814. The van der Waals surface area contributed by atoms with Gasteiger partial charge in [0.25, 0.3) is 0 Å². The van der Waals surface area contributed by atoms with Crippen molar-refractivity contribution in [3.8, 4) is 0 Å². The van der Waals surface area contributed by atoms with Crippen LogP contribution in [0.25, 0.3) is 0 Å². The molecule has 7 atom stereocenters. The number of fused-ring (bicyclic) bond motifs is 1. The van der Waals surface area contributed by atoms with Crippen LogP contribution < -0.4 is 10.6 Å². The molecule has 9 heteroatoms. The largest absolute Gasteiger partial charge is 0.394 e. The molecule has 188 valence electrons. The van der Waals surface area contributed by atoms with Crippen molar-refractivity contribution in [3.63, 3.8) is 0 Å². The highest BCUT2D eigenvalue weighted by Crippen LogP contribution is 2.68. The maximum atomic E-state index is 14.0. The molecule has 0 radical (unpaired) electrons. The Hall–Kier alpha value is -0.800. The lowest BCUT2D eigenvalue weighted by molar-refractivity contribution is -0.144. The van der Waals surface area contributed by atoms with Crippen LogP contribution in [0.2, 0.25) is 0 Å². The Morgan fingerprint density at radius 3 is 2.33 bits per heavy atom. The van der Waals surface area contributed by atoms with Gasteiger partial charge in [-0.2, -0.15) is 0 Å². The Balaban J connectivity index is 2.07. The minimum atomic E-state index is -0.738. The minimum Gasteiger partial charge on any atom is -0.394 e. The number of hydrogen-bond donors (Lipinski definition) is 3. The third-order valence-electron chi connectivity index (χ3n) is 7.27. The van der Waals surface area contributed by atoms with Gasteiger partial charge in [-0.25, -0.2) is 0 Å². The minimum absolute atomic E-state index is 0.0141. The monoisotopic (exact) mass is 545 g/mol. The predicted molar refractivity (Wildman–Crippen MR) is 135 cm³/mol. The number of halogens is 1. The average Bonchev–Trinajstić information content (AvgIpc) is 3.23. The average molecular weight is 547 g/mol. The summed E-state index contributed by atoms with van der Waals surface area (Å²) in [5.74, 6) is -1.64. The van der Waals surface area contributed by atoms with Crippen molar-refractivity contribution in [1.29, 1.82) is 0 Å². The van der Waals surface area contributed by atoms with Crippen molar-refractivity contribution in [2.24, 2.45) is 23.2 Å². The molecule has 33 heavy (non-hydrogen) atoms. The lowest BCUT2D eigenvalue weighted by atomic mass is 9.70.